The van der Waals surface area contributed by atoms with Gasteiger partial charge in [0.25, 0.3) is 0 Å². The van der Waals surface area contributed by atoms with Gasteiger partial charge in [-0.15, -0.1) is 0 Å². The van der Waals surface area contributed by atoms with Gasteiger partial charge in [-0.1, -0.05) is 42.3 Å². The minimum Gasteiger partial charge on any atom is -0.400 e. The van der Waals surface area contributed by atoms with Gasteiger partial charge < -0.3 is 9.90 Å². The SMILES string of the molecule is CO.O=CCNSCc1ccccc1. The van der Waals surface area contributed by atoms with Crippen LogP contribution in [0.5, 0.6) is 0 Å². The van der Waals surface area contributed by atoms with E-state index >= 15 is 0 Å². The molecule has 0 saturated heterocycles. The molecule has 4 heteroatoms. The van der Waals surface area contributed by atoms with E-state index in [0.29, 0.717) is 6.54 Å². The van der Waals surface area contributed by atoms with Gasteiger partial charge in [0.1, 0.15) is 6.29 Å². The predicted octanol–water partition coefficient (Wildman–Crippen LogP) is 1.23. The summed E-state index contributed by atoms with van der Waals surface area (Å²) in [6, 6.07) is 10.1. The number of aliphatic hydroxyl groups excluding tert-OH is 1. The molecule has 0 aliphatic rings. The van der Waals surface area contributed by atoms with E-state index in [4.69, 9.17) is 5.11 Å². The Morgan fingerprint density at radius 1 is 1.36 bits per heavy atom. The molecule has 1 rings (SSSR count). The molecular formula is C10H15NO2S. The average molecular weight is 213 g/mol. The van der Waals surface area contributed by atoms with Crippen LogP contribution in [0.2, 0.25) is 0 Å². The molecule has 0 heterocycles. The number of aldehydes is 1. The summed E-state index contributed by atoms with van der Waals surface area (Å²) in [5.74, 6) is 0.898. The number of aliphatic hydroxyl groups is 1. The van der Waals surface area contributed by atoms with Crippen LogP contribution in [0.4, 0.5) is 0 Å². The minimum absolute atomic E-state index is 0.414. The second kappa shape index (κ2) is 10.2. The molecule has 78 valence electrons. The first-order chi connectivity index (χ1) is 6.93. The van der Waals surface area contributed by atoms with Crippen molar-refractivity contribution in [3.05, 3.63) is 35.9 Å². The third-order valence-electron chi connectivity index (χ3n) is 1.35. The first kappa shape index (κ1) is 13.2. The molecule has 2 N–H and O–H groups in total. The fourth-order valence-corrected chi connectivity index (χ4v) is 1.45. The standard InChI is InChI=1S/C9H11NOS.CH4O/c11-7-6-10-12-8-9-4-2-1-3-5-9;1-2/h1-5,7,10H,6,8H2;2H,1H3. The van der Waals surface area contributed by atoms with Crippen LogP contribution in [0.25, 0.3) is 0 Å². The second-order valence-corrected chi connectivity index (χ2v) is 3.16. The largest absolute Gasteiger partial charge is 0.400 e. The number of carbonyl (C=O) groups excluding carboxylic acids is 1. The summed E-state index contributed by atoms with van der Waals surface area (Å²) in [4.78, 5) is 9.94. The molecule has 14 heavy (non-hydrogen) atoms. The zero-order chi connectivity index (χ0) is 10.6. The molecule has 0 aliphatic carbocycles. The fourth-order valence-electron chi connectivity index (χ4n) is 0.802. The lowest BCUT2D eigenvalue weighted by Gasteiger charge is -1.99. The summed E-state index contributed by atoms with van der Waals surface area (Å²) < 4.78 is 2.93. The van der Waals surface area contributed by atoms with Gasteiger partial charge in [-0.25, -0.2) is 0 Å². The van der Waals surface area contributed by atoms with Crippen LogP contribution in [0.15, 0.2) is 30.3 Å². The Bertz CT molecular complexity index is 229. The third kappa shape index (κ3) is 6.65. The number of rotatable bonds is 5. The Kier molecular flexibility index (Phi) is 9.63. The van der Waals surface area contributed by atoms with Crippen molar-refractivity contribution in [2.45, 2.75) is 5.75 Å². The Labute approximate surface area is 88.7 Å². The molecule has 1 aromatic rings. The topological polar surface area (TPSA) is 49.3 Å². The second-order valence-electron chi connectivity index (χ2n) is 2.29. The molecular weight excluding hydrogens is 198 g/mol. The van der Waals surface area contributed by atoms with Crippen molar-refractivity contribution in [2.75, 3.05) is 13.7 Å². The zero-order valence-corrected chi connectivity index (χ0v) is 8.96. The Morgan fingerprint density at radius 3 is 2.57 bits per heavy atom. The zero-order valence-electron chi connectivity index (χ0n) is 8.14. The highest BCUT2D eigenvalue weighted by Gasteiger charge is 1.89. The normalized spacial score (nSPS) is 8.71. The van der Waals surface area contributed by atoms with Gasteiger partial charge in [-0.2, -0.15) is 0 Å². The number of carbonyl (C=O) groups is 1. The smallest absolute Gasteiger partial charge is 0.134 e. The summed E-state index contributed by atoms with van der Waals surface area (Å²) in [5, 5.41) is 7.00. The van der Waals surface area contributed by atoms with Crippen molar-refractivity contribution in [1.82, 2.24) is 4.72 Å². The molecule has 0 atom stereocenters. The molecule has 0 spiro atoms. The van der Waals surface area contributed by atoms with Crippen molar-refractivity contribution in [2.24, 2.45) is 0 Å². The predicted molar refractivity (Wildman–Crippen MR) is 59.9 cm³/mol. The van der Waals surface area contributed by atoms with Gasteiger partial charge >= 0.3 is 0 Å². The van der Waals surface area contributed by atoms with E-state index < -0.39 is 0 Å². The van der Waals surface area contributed by atoms with E-state index in [0.717, 1.165) is 19.1 Å². The van der Waals surface area contributed by atoms with E-state index in [-0.39, 0.29) is 0 Å². The van der Waals surface area contributed by atoms with E-state index in [2.05, 4.69) is 16.9 Å². The lowest BCUT2D eigenvalue weighted by Crippen LogP contribution is -2.06. The van der Waals surface area contributed by atoms with Crippen LogP contribution >= 0.6 is 11.9 Å². The number of nitrogens with one attached hydrogen (secondary N) is 1. The summed E-state index contributed by atoms with van der Waals surface area (Å²) in [6.07, 6.45) is 0.859. The average Bonchev–Trinajstić information content (AvgIpc) is 2.29. The summed E-state index contributed by atoms with van der Waals surface area (Å²) in [5.41, 5.74) is 1.26. The van der Waals surface area contributed by atoms with Gasteiger partial charge in [0.05, 0.1) is 6.54 Å². The van der Waals surface area contributed by atoms with Gasteiger partial charge in [0.15, 0.2) is 0 Å². The summed E-state index contributed by atoms with van der Waals surface area (Å²) in [6.45, 7) is 0.414. The molecule has 0 radical (unpaired) electrons. The van der Waals surface area contributed by atoms with E-state index in [1.807, 2.05) is 18.2 Å². The maximum atomic E-state index is 9.94. The highest BCUT2D eigenvalue weighted by Crippen LogP contribution is 2.07. The van der Waals surface area contributed by atoms with E-state index in [9.17, 15) is 4.79 Å². The molecule has 0 saturated carbocycles. The first-order valence-electron chi connectivity index (χ1n) is 4.20. The van der Waals surface area contributed by atoms with E-state index in [1.54, 1.807) is 11.9 Å². The molecule has 3 nitrogen and oxygen atoms in total. The van der Waals surface area contributed by atoms with Crippen LogP contribution in [0.3, 0.4) is 0 Å². The monoisotopic (exact) mass is 213 g/mol. The fraction of sp³-hybridized carbons (Fsp3) is 0.300. The van der Waals surface area contributed by atoms with E-state index in [1.165, 1.54) is 5.56 Å². The first-order valence-corrected chi connectivity index (χ1v) is 5.19. The molecule has 0 unspecified atom stereocenters. The number of benzene rings is 1. The van der Waals surface area contributed by atoms with Crippen molar-refractivity contribution >= 4 is 18.2 Å². The molecule has 0 bridgehead atoms. The van der Waals surface area contributed by atoms with Gasteiger partial charge in [0, 0.05) is 12.9 Å². The Hall–Kier alpha value is -0.840. The summed E-state index contributed by atoms with van der Waals surface area (Å²) >= 11 is 1.55. The van der Waals surface area contributed by atoms with Crippen molar-refractivity contribution < 1.29 is 9.90 Å². The Morgan fingerprint density at radius 2 is 2.00 bits per heavy atom. The maximum Gasteiger partial charge on any atom is 0.134 e. The van der Waals surface area contributed by atoms with Crippen LogP contribution < -0.4 is 4.72 Å². The highest BCUT2D eigenvalue weighted by atomic mass is 32.2. The molecule has 1 aromatic carbocycles. The van der Waals surface area contributed by atoms with Crippen LogP contribution in [-0.2, 0) is 10.5 Å². The number of hydrogen-bond acceptors (Lipinski definition) is 4. The Balaban J connectivity index is 0.000000791. The van der Waals surface area contributed by atoms with Crippen LogP contribution in [0.1, 0.15) is 5.56 Å². The van der Waals surface area contributed by atoms with Gasteiger partial charge in [0.2, 0.25) is 0 Å². The highest BCUT2D eigenvalue weighted by molar-refractivity contribution is 7.96. The lowest BCUT2D eigenvalue weighted by molar-refractivity contribution is -0.106. The van der Waals surface area contributed by atoms with Crippen molar-refractivity contribution in [3.8, 4) is 0 Å². The number of hydrogen-bond donors (Lipinski definition) is 2. The van der Waals surface area contributed by atoms with Crippen molar-refractivity contribution in [1.29, 1.82) is 0 Å². The van der Waals surface area contributed by atoms with Crippen molar-refractivity contribution in [3.63, 3.8) is 0 Å². The molecule has 0 aromatic heterocycles. The lowest BCUT2D eigenvalue weighted by atomic mass is 10.2. The molecule has 0 amide bonds. The quantitative estimate of drug-likeness (QED) is 0.439. The maximum absolute atomic E-state index is 9.94. The third-order valence-corrected chi connectivity index (χ3v) is 2.20. The van der Waals surface area contributed by atoms with Crippen LogP contribution in [-0.4, -0.2) is 25.0 Å². The van der Waals surface area contributed by atoms with Gasteiger partial charge in [-0.05, 0) is 5.56 Å². The van der Waals surface area contributed by atoms with Crippen LogP contribution in [0, 0.1) is 0 Å². The molecule has 0 aliphatic heterocycles. The molecule has 0 fully saturated rings. The summed E-state index contributed by atoms with van der Waals surface area (Å²) in [7, 11) is 1.00. The minimum atomic E-state index is 0.414. The van der Waals surface area contributed by atoms with Gasteiger partial charge in [-0.3, -0.25) is 4.72 Å².